The molecule has 2 heterocycles. The van der Waals surface area contributed by atoms with Crippen LogP contribution in [0.25, 0.3) is 27.9 Å². The molecular weight excluding hydrogens is 476 g/mol. The molecular formula is C23H17ClN6O3S. The van der Waals surface area contributed by atoms with Gasteiger partial charge in [0.05, 0.1) is 15.9 Å². The van der Waals surface area contributed by atoms with Crippen LogP contribution in [0.2, 0.25) is 5.02 Å². The van der Waals surface area contributed by atoms with Crippen LogP contribution in [-0.4, -0.2) is 28.9 Å². The largest absolute Gasteiger partial charge is 0.384 e. The molecule has 0 saturated heterocycles. The van der Waals surface area contributed by atoms with Crippen molar-refractivity contribution in [3.8, 4) is 5.69 Å². The molecule has 9 nitrogen and oxygen atoms in total. The summed E-state index contributed by atoms with van der Waals surface area (Å²) in [5.41, 5.74) is 9.49. The second-order valence-electron chi connectivity index (χ2n) is 7.48. The molecule has 5 N–H and O–H groups in total. The fraction of sp³-hybridized carbons (Fsp3) is 0. The van der Waals surface area contributed by atoms with Gasteiger partial charge >= 0.3 is 0 Å². The number of rotatable bonds is 4. The zero-order valence-electron chi connectivity index (χ0n) is 17.4. The van der Waals surface area contributed by atoms with Crippen molar-refractivity contribution in [3.05, 3.63) is 83.4 Å². The summed E-state index contributed by atoms with van der Waals surface area (Å²) < 4.78 is 24.9. The number of nitrogens with zero attached hydrogens (tertiary/aromatic N) is 3. The topological polar surface area (TPSA) is 146 Å². The number of amides is 1. The van der Waals surface area contributed by atoms with E-state index in [1.54, 1.807) is 41.0 Å². The van der Waals surface area contributed by atoms with E-state index in [-0.39, 0.29) is 16.3 Å². The molecule has 0 bridgehead atoms. The third-order valence-corrected chi connectivity index (χ3v) is 6.43. The van der Waals surface area contributed by atoms with Crippen molar-refractivity contribution in [2.45, 2.75) is 4.90 Å². The lowest BCUT2D eigenvalue weighted by Crippen LogP contribution is -2.14. The smallest absolute Gasteiger partial charge is 0.261 e. The average molecular weight is 493 g/mol. The Bertz CT molecular complexity index is 1680. The van der Waals surface area contributed by atoms with Crippen molar-refractivity contribution < 1.29 is 13.2 Å². The Morgan fingerprint density at radius 3 is 2.15 bits per heavy atom. The molecule has 0 aliphatic carbocycles. The maximum absolute atomic E-state index is 13.3. The molecule has 5 aromatic rings. The summed E-state index contributed by atoms with van der Waals surface area (Å²) in [5, 5.41) is 8.55. The first kappa shape index (κ1) is 21.8. The molecule has 3 aromatic carbocycles. The summed E-state index contributed by atoms with van der Waals surface area (Å²) in [5.74, 6) is -0.380. The fourth-order valence-electron chi connectivity index (χ4n) is 3.66. The average Bonchev–Trinajstić information content (AvgIpc) is 3.09. The predicted molar refractivity (Wildman–Crippen MR) is 132 cm³/mol. The minimum absolute atomic E-state index is 0.0523. The highest BCUT2D eigenvalue weighted by atomic mass is 35.5. The number of para-hydroxylation sites is 2. The van der Waals surface area contributed by atoms with Gasteiger partial charge < -0.3 is 11.1 Å². The molecule has 0 aliphatic rings. The molecule has 0 fully saturated rings. The van der Waals surface area contributed by atoms with Gasteiger partial charge in [0.25, 0.3) is 5.91 Å². The number of hydrogen-bond acceptors (Lipinski definition) is 6. The van der Waals surface area contributed by atoms with E-state index >= 15 is 0 Å². The Kier molecular flexibility index (Phi) is 5.20. The number of carbonyl (C=O) groups excluding carboxylic acids is 1. The third kappa shape index (κ3) is 3.83. The van der Waals surface area contributed by atoms with Gasteiger partial charge in [-0.15, -0.1) is 0 Å². The van der Waals surface area contributed by atoms with Crippen molar-refractivity contribution in [2.75, 3.05) is 11.1 Å². The molecule has 0 unspecified atom stereocenters. The van der Waals surface area contributed by atoms with Crippen LogP contribution in [0.1, 0.15) is 10.4 Å². The molecule has 0 spiro atoms. The standard InChI is InChI=1S/C23H17ClN6O3S/c24-13-5-7-14(8-6-13)27-23(31)19-20-22(29-18-4-2-1-3-17(18)28-20)30(21(19)25)15-9-11-16(12-10-15)34(26,32)33/h1-12H,25H2,(H,27,31)(H2,26,32,33). The number of halogens is 1. The van der Waals surface area contributed by atoms with Crippen LogP contribution in [0.15, 0.2) is 77.7 Å². The molecule has 11 heteroatoms. The highest BCUT2D eigenvalue weighted by molar-refractivity contribution is 7.89. The second-order valence-corrected chi connectivity index (χ2v) is 9.48. The Hall–Kier alpha value is -3.99. The molecule has 5 rings (SSSR count). The number of anilines is 2. The molecule has 0 saturated carbocycles. The van der Waals surface area contributed by atoms with Crippen LogP contribution in [0.3, 0.4) is 0 Å². The molecule has 0 aliphatic heterocycles. The van der Waals surface area contributed by atoms with E-state index in [0.29, 0.717) is 38.6 Å². The fourth-order valence-corrected chi connectivity index (χ4v) is 4.30. The molecule has 170 valence electrons. The Morgan fingerprint density at radius 1 is 0.912 bits per heavy atom. The maximum atomic E-state index is 13.3. The number of hydrogen-bond donors (Lipinski definition) is 3. The van der Waals surface area contributed by atoms with Gasteiger partial charge in [-0.1, -0.05) is 23.7 Å². The summed E-state index contributed by atoms with van der Waals surface area (Å²) in [4.78, 5) is 22.6. The second kappa shape index (κ2) is 8.10. The van der Waals surface area contributed by atoms with Crippen LogP contribution in [0.4, 0.5) is 11.5 Å². The van der Waals surface area contributed by atoms with Gasteiger partial charge in [-0.2, -0.15) is 0 Å². The van der Waals surface area contributed by atoms with Crippen molar-refractivity contribution in [1.82, 2.24) is 14.5 Å². The van der Waals surface area contributed by atoms with Crippen LogP contribution in [0, 0.1) is 0 Å². The zero-order valence-corrected chi connectivity index (χ0v) is 19.0. The summed E-state index contributed by atoms with van der Waals surface area (Å²) in [6.45, 7) is 0. The number of nitrogen functional groups attached to an aromatic ring is 1. The molecule has 34 heavy (non-hydrogen) atoms. The van der Waals surface area contributed by atoms with Crippen molar-refractivity contribution in [1.29, 1.82) is 0 Å². The van der Waals surface area contributed by atoms with E-state index in [9.17, 15) is 13.2 Å². The molecule has 0 radical (unpaired) electrons. The number of primary sulfonamides is 1. The highest BCUT2D eigenvalue weighted by Crippen LogP contribution is 2.32. The van der Waals surface area contributed by atoms with Crippen LogP contribution < -0.4 is 16.2 Å². The van der Waals surface area contributed by atoms with Gasteiger partial charge in [0.1, 0.15) is 16.9 Å². The van der Waals surface area contributed by atoms with Gasteiger partial charge in [-0.3, -0.25) is 9.36 Å². The lowest BCUT2D eigenvalue weighted by atomic mass is 10.2. The van der Waals surface area contributed by atoms with Crippen LogP contribution >= 0.6 is 11.6 Å². The lowest BCUT2D eigenvalue weighted by molar-refractivity contribution is 0.102. The van der Waals surface area contributed by atoms with Gasteiger partial charge in [0, 0.05) is 16.4 Å². The lowest BCUT2D eigenvalue weighted by Gasteiger charge is -2.09. The molecule has 0 atom stereocenters. The third-order valence-electron chi connectivity index (χ3n) is 5.25. The summed E-state index contributed by atoms with van der Waals surface area (Å²) >= 11 is 5.93. The maximum Gasteiger partial charge on any atom is 0.261 e. The summed E-state index contributed by atoms with van der Waals surface area (Å²) in [6, 6.07) is 19.7. The summed E-state index contributed by atoms with van der Waals surface area (Å²) in [7, 11) is -3.87. The Labute approximate surface area is 199 Å². The van der Waals surface area contributed by atoms with E-state index in [1.807, 2.05) is 12.1 Å². The highest BCUT2D eigenvalue weighted by Gasteiger charge is 2.25. The monoisotopic (exact) mass is 492 g/mol. The molecule has 1 amide bonds. The normalized spacial score (nSPS) is 11.7. The Morgan fingerprint density at radius 2 is 1.53 bits per heavy atom. The minimum atomic E-state index is -3.87. The number of aromatic nitrogens is 3. The van der Waals surface area contributed by atoms with Crippen LogP contribution in [-0.2, 0) is 10.0 Å². The first-order valence-corrected chi connectivity index (χ1v) is 11.9. The van der Waals surface area contributed by atoms with E-state index < -0.39 is 15.9 Å². The number of fused-ring (bicyclic) bond motifs is 2. The first-order valence-electron chi connectivity index (χ1n) is 9.99. The predicted octanol–water partition coefficient (Wildman–Crippen LogP) is 3.71. The van der Waals surface area contributed by atoms with Gasteiger partial charge in [0.2, 0.25) is 10.0 Å². The van der Waals surface area contributed by atoms with Crippen molar-refractivity contribution in [3.63, 3.8) is 0 Å². The van der Waals surface area contributed by atoms with Crippen LogP contribution in [0.5, 0.6) is 0 Å². The van der Waals surface area contributed by atoms with Gasteiger partial charge in [-0.25, -0.2) is 23.5 Å². The van der Waals surface area contributed by atoms with E-state index in [4.69, 9.17) is 22.5 Å². The van der Waals surface area contributed by atoms with Gasteiger partial charge in [0.15, 0.2) is 5.65 Å². The quantitative estimate of drug-likeness (QED) is 0.348. The first-order chi connectivity index (χ1) is 16.2. The van der Waals surface area contributed by atoms with Crippen molar-refractivity contribution in [2.24, 2.45) is 5.14 Å². The SMILES string of the molecule is Nc1c(C(=O)Nc2ccc(Cl)cc2)c2nc3ccccc3nc2n1-c1ccc(S(N)(=O)=O)cc1. The zero-order chi connectivity index (χ0) is 24.0. The minimum Gasteiger partial charge on any atom is -0.384 e. The number of nitrogens with one attached hydrogen (secondary N) is 1. The number of carbonyl (C=O) groups is 1. The summed E-state index contributed by atoms with van der Waals surface area (Å²) in [6.07, 6.45) is 0. The number of benzene rings is 3. The number of sulfonamides is 1. The molecule has 2 aromatic heterocycles. The van der Waals surface area contributed by atoms with E-state index in [0.717, 1.165) is 0 Å². The Balaban J connectivity index is 1.72. The van der Waals surface area contributed by atoms with Gasteiger partial charge in [-0.05, 0) is 60.7 Å². The van der Waals surface area contributed by atoms with E-state index in [2.05, 4.69) is 15.3 Å². The number of nitrogens with two attached hydrogens (primary N) is 2. The van der Waals surface area contributed by atoms with E-state index in [1.165, 1.54) is 24.3 Å². The van der Waals surface area contributed by atoms with Crippen molar-refractivity contribution >= 4 is 61.2 Å².